The van der Waals surface area contributed by atoms with Crippen molar-refractivity contribution in [3.8, 4) is 0 Å². The summed E-state index contributed by atoms with van der Waals surface area (Å²) >= 11 is 0. The number of para-hydroxylation sites is 1. The number of fused-ring (bicyclic) bond motifs is 1. The van der Waals surface area contributed by atoms with Crippen LogP contribution in [0, 0.1) is 5.92 Å². The summed E-state index contributed by atoms with van der Waals surface area (Å²) in [5, 5.41) is 3.78. The molecule has 2 aromatic rings. The molecule has 0 spiro atoms. The number of carbonyl (C=O) groups excluding carboxylic acids is 4. The number of nitrogens with one attached hydrogen (secondary N) is 2. The quantitative estimate of drug-likeness (QED) is 0.473. The smallest absolute Gasteiger partial charge is 0.296 e. The number of carbonyl (C=O) groups is 3. The lowest BCUT2D eigenvalue weighted by molar-refractivity contribution is -0.139. The zero-order valence-electron chi connectivity index (χ0n) is 19.0. The molecule has 7 nitrogen and oxygen atoms in total. The average molecular weight is 451 g/mol. The van der Waals surface area contributed by atoms with Crippen molar-refractivity contribution in [3.05, 3.63) is 36.0 Å². The fraction of sp³-hybridized carbons (Fsp3) is 0.538. The largest absolute Gasteiger partial charge is 0.360 e. The Kier molecular flexibility index (Phi) is 7.57. The third-order valence-electron chi connectivity index (χ3n) is 7.18. The Hall–Kier alpha value is -2.96. The second-order valence-corrected chi connectivity index (χ2v) is 9.34. The molecule has 1 atom stereocenters. The van der Waals surface area contributed by atoms with Crippen molar-refractivity contribution < 1.29 is 19.2 Å². The Balaban J connectivity index is 1.62. The van der Waals surface area contributed by atoms with E-state index in [0.29, 0.717) is 5.39 Å². The number of Topliss-reactive ketones (excluding diaryl/α,β-unsaturated/α-hetero) is 1. The molecule has 0 bridgehead atoms. The third-order valence-corrected chi connectivity index (χ3v) is 7.18. The minimum absolute atomic E-state index is 0.0737. The number of hydrogen-bond acceptors (Lipinski definition) is 4. The fourth-order valence-corrected chi connectivity index (χ4v) is 5.46. The van der Waals surface area contributed by atoms with Crippen molar-refractivity contribution >= 4 is 34.8 Å². The van der Waals surface area contributed by atoms with Crippen LogP contribution >= 0.6 is 0 Å². The molecule has 2 amide bonds. The van der Waals surface area contributed by atoms with Gasteiger partial charge >= 0.3 is 0 Å². The van der Waals surface area contributed by atoms with Gasteiger partial charge in [-0.2, -0.15) is 0 Å². The lowest BCUT2D eigenvalue weighted by atomic mass is 9.82. The van der Waals surface area contributed by atoms with E-state index in [0.717, 1.165) is 63.3 Å². The van der Waals surface area contributed by atoms with E-state index in [1.54, 1.807) is 18.4 Å². The summed E-state index contributed by atoms with van der Waals surface area (Å²) in [6.45, 7) is -0.397. The standard InChI is InChI=1S/C26H32N3O4/c30-16-15-29(26(33)24(31)21-17-27-22-14-8-7-13-20(21)22)23(18-9-3-1-4-10-18)25(32)28-19-11-5-2-6-12-19/h7-8,13-14,17-19,23,27H,1-6,9-12,15H2,(H,28,32). The van der Waals surface area contributed by atoms with E-state index < -0.39 is 24.3 Å². The van der Waals surface area contributed by atoms with Gasteiger partial charge in [-0.15, -0.1) is 0 Å². The van der Waals surface area contributed by atoms with Crippen molar-refractivity contribution in [1.29, 1.82) is 0 Å². The molecule has 175 valence electrons. The molecule has 2 fully saturated rings. The molecule has 2 N–H and O–H groups in total. The van der Waals surface area contributed by atoms with Gasteiger partial charge in [0.05, 0.1) is 12.1 Å². The number of hydrogen-bond donors (Lipinski definition) is 2. The van der Waals surface area contributed by atoms with Gasteiger partial charge in [-0.05, 0) is 37.7 Å². The van der Waals surface area contributed by atoms with Gasteiger partial charge in [-0.3, -0.25) is 19.2 Å². The number of ketones is 1. The van der Waals surface area contributed by atoms with Crippen molar-refractivity contribution in [2.24, 2.45) is 5.92 Å². The van der Waals surface area contributed by atoms with Gasteiger partial charge in [0.1, 0.15) is 6.04 Å². The Morgan fingerprint density at radius 3 is 2.36 bits per heavy atom. The summed E-state index contributed by atoms with van der Waals surface area (Å²) in [7, 11) is 0. The number of benzene rings is 1. The van der Waals surface area contributed by atoms with Crippen molar-refractivity contribution in [1.82, 2.24) is 15.2 Å². The molecule has 2 aliphatic carbocycles. The summed E-state index contributed by atoms with van der Waals surface area (Å²) in [6.07, 6.45) is 13.1. The first-order valence-corrected chi connectivity index (χ1v) is 12.2. The van der Waals surface area contributed by atoms with Crippen molar-refractivity contribution in [2.45, 2.75) is 76.3 Å². The second kappa shape index (κ2) is 10.8. The molecular weight excluding hydrogens is 418 g/mol. The normalized spacial score (nSPS) is 18.5. The van der Waals surface area contributed by atoms with Gasteiger partial charge in [-0.25, -0.2) is 0 Å². The Morgan fingerprint density at radius 1 is 1.00 bits per heavy atom. The van der Waals surface area contributed by atoms with E-state index in [9.17, 15) is 19.2 Å². The number of rotatable bonds is 8. The predicted molar refractivity (Wildman–Crippen MR) is 125 cm³/mol. The van der Waals surface area contributed by atoms with Gasteiger partial charge in [0.15, 0.2) is 0 Å². The monoisotopic (exact) mass is 450 g/mol. The summed E-state index contributed by atoms with van der Waals surface area (Å²) < 4.78 is 0. The van der Waals surface area contributed by atoms with E-state index >= 15 is 0 Å². The minimum Gasteiger partial charge on any atom is -0.360 e. The van der Waals surface area contributed by atoms with E-state index in [2.05, 4.69) is 10.3 Å². The zero-order valence-corrected chi connectivity index (χ0v) is 19.0. The molecule has 1 aromatic carbocycles. The molecule has 1 aromatic heterocycles. The highest BCUT2D eigenvalue weighted by atomic mass is 16.2. The third kappa shape index (κ3) is 5.18. The number of aromatic nitrogens is 1. The summed E-state index contributed by atoms with van der Waals surface area (Å²) in [6, 6.07) is 6.50. The highest BCUT2D eigenvalue weighted by molar-refractivity contribution is 6.45. The van der Waals surface area contributed by atoms with E-state index in [-0.39, 0.29) is 23.4 Å². The van der Waals surface area contributed by atoms with E-state index in [4.69, 9.17) is 0 Å². The Morgan fingerprint density at radius 2 is 1.67 bits per heavy atom. The van der Waals surface area contributed by atoms with Crippen LogP contribution in [0.15, 0.2) is 30.5 Å². The van der Waals surface area contributed by atoms with Gasteiger partial charge in [-0.1, -0.05) is 56.7 Å². The summed E-state index contributed by atoms with van der Waals surface area (Å²) in [5.41, 5.74) is 1.00. The van der Waals surface area contributed by atoms with Crippen LogP contribution in [0.25, 0.3) is 10.9 Å². The molecule has 2 saturated carbocycles. The van der Waals surface area contributed by atoms with Gasteiger partial charge in [0.25, 0.3) is 11.7 Å². The first-order chi connectivity index (χ1) is 16.1. The number of aromatic amines is 1. The van der Waals surface area contributed by atoms with Crippen LogP contribution in [0.3, 0.4) is 0 Å². The number of nitrogens with zero attached hydrogens (tertiary/aromatic N) is 1. The van der Waals surface area contributed by atoms with Crippen LogP contribution in [0.5, 0.6) is 0 Å². The van der Waals surface area contributed by atoms with E-state index in [1.807, 2.05) is 12.1 Å². The molecular formula is C26H32N3O4. The van der Waals surface area contributed by atoms with Gasteiger partial charge in [0.2, 0.25) is 12.2 Å². The first-order valence-electron chi connectivity index (χ1n) is 12.2. The maximum absolute atomic E-state index is 13.5. The summed E-state index contributed by atoms with van der Waals surface area (Å²) in [5.74, 6) is -1.86. The molecule has 1 heterocycles. The van der Waals surface area contributed by atoms with Crippen LogP contribution in [-0.4, -0.2) is 52.4 Å². The molecule has 2 aliphatic rings. The van der Waals surface area contributed by atoms with Gasteiger partial charge < -0.3 is 15.2 Å². The molecule has 7 heteroatoms. The molecule has 0 aliphatic heterocycles. The minimum atomic E-state index is -0.838. The molecule has 1 unspecified atom stereocenters. The second-order valence-electron chi connectivity index (χ2n) is 9.34. The van der Waals surface area contributed by atoms with Crippen LogP contribution in [0.4, 0.5) is 0 Å². The first kappa shape index (κ1) is 23.2. The van der Waals surface area contributed by atoms with Crippen molar-refractivity contribution in [3.63, 3.8) is 0 Å². The van der Waals surface area contributed by atoms with Crippen molar-refractivity contribution in [2.75, 3.05) is 6.54 Å². The summed E-state index contributed by atoms with van der Waals surface area (Å²) in [4.78, 5) is 55.9. The predicted octanol–water partition coefficient (Wildman–Crippen LogP) is 3.69. The zero-order chi connectivity index (χ0) is 23.2. The van der Waals surface area contributed by atoms with Gasteiger partial charge in [0, 0.05) is 23.1 Å². The van der Waals surface area contributed by atoms with E-state index in [1.165, 1.54) is 17.5 Å². The lowest BCUT2D eigenvalue weighted by Crippen LogP contribution is -2.57. The molecule has 0 saturated heterocycles. The van der Waals surface area contributed by atoms with Crippen LogP contribution in [0.2, 0.25) is 0 Å². The Labute approximate surface area is 194 Å². The molecule has 4 rings (SSSR count). The topological polar surface area (TPSA) is 99.3 Å². The lowest BCUT2D eigenvalue weighted by Gasteiger charge is -2.37. The highest BCUT2D eigenvalue weighted by Crippen LogP contribution is 2.30. The highest BCUT2D eigenvalue weighted by Gasteiger charge is 2.40. The SMILES string of the molecule is O=[C]CN(C(=O)C(=O)c1c[nH]c2ccccc12)C(C(=O)NC1CCCCC1)C1CCCCC1. The Bertz CT molecular complexity index is 1000. The maximum Gasteiger partial charge on any atom is 0.296 e. The number of H-pyrrole nitrogens is 1. The van der Waals surface area contributed by atoms with Crippen LogP contribution < -0.4 is 5.32 Å². The number of amides is 2. The van der Waals surface area contributed by atoms with Crippen LogP contribution in [-0.2, 0) is 14.4 Å². The molecule has 1 radical (unpaired) electrons. The maximum atomic E-state index is 13.5. The molecule has 33 heavy (non-hydrogen) atoms. The van der Waals surface area contributed by atoms with Crippen LogP contribution in [0.1, 0.15) is 74.6 Å². The average Bonchev–Trinajstić information content (AvgIpc) is 3.28. The fourth-order valence-electron chi connectivity index (χ4n) is 5.46.